The summed E-state index contributed by atoms with van der Waals surface area (Å²) in [6.07, 6.45) is 2.17. The zero-order valence-corrected chi connectivity index (χ0v) is 12.2. The van der Waals surface area contributed by atoms with E-state index in [2.05, 4.69) is 14.7 Å². The zero-order valence-electron chi connectivity index (χ0n) is 12.2. The van der Waals surface area contributed by atoms with E-state index in [0.29, 0.717) is 12.2 Å². The molecule has 0 aliphatic carbocycles. The molecule has 0 unspecified atom stereocenters. The number of nitrogens with zero attached hydrogens (tertiary/aromatic N) is 2. The van der Waals surface area contributed by atoms with Crippen LogP contribution in [0.25, 0.3) is 0 Å². The van der Waals surface area contributed by atoms with Crippen molar-refractivity contribution in [2.45, 2.75) is 20.3 Å². The van der Waals surface area contributed by atoms with Gasteiger partial charge in [0, 0.05) is 11.9 Å². The SMILES string of the molecule is CCc1nc(C)ccc1Oc1nccc(C(=O)OC)c1N. The first-order chi connectivity index (χ1) is 10.1. The summed E-state index contributed by atoms with van der Waals surface area (Å²) in [5.74, 6) is 0.208. The second-order valence-electron chi connectivity index (χ2n) is 4.42. The van der Waals surface area contributed by atoms with Gasteiger partial charge in [0.1, 0.15) is 5.69 Å². The number of esters is 1. The maximum absolute atomic E-state index is 11.6. The highest BCUT2D eigenvalue weighted by Crippen LogP contribution is 2.29. The van der Waals surface area contributed by atoms with Crippen molar-refractivity contribution in [2.24, 2.45) is 0 Å². The summed E-state index contributed by atoms with van der Waals surface area (Å²) in [5.41, 5.74) is 8.00. The Bertz CT molecular complexity index is 671. The van der Waals surface area contributed by atoms with Crippen LogP contribution < -0.4 is 10.5 Å². The molecule has 2 heterocycles. The van der Waals surface area contributed by atoms with Gasteiger partial charge in [-0.25, -0.2) is 9.78 Å². The van der Waals surface area contributed by atoms with Crippen LogP contribution in [0.5, 0.6) is 11.6 Å². The molecule has 0 aromatic carbocycles. The summed E-state index contributed by atoms with van der Waals surface area (Å²) in [5, 5.41) is 0. The Morgan fingerprint density at radius 1 is 1.33 bits per heavy atom. The molecule has 2 N–H and O–H groups in total. The highest BCUT2D eigenvalue weighted by atomic mass is 16.5. The summed E-state index contributed by atoms with van der Waals surface area (Å²) in [6, 6.07) is 5.14. The van der Waals surface area contributed by atoms with E-state index in [1.807, 2.05) is 26.0 Å². The Hall–Kier alpha value is -2.63. The first-order valence-corrected chi connectivity index (χ1v) is 6.54. The van der Waals surface area contributed by atoms with Crippen molar-refractivity contribution < 1.29 is 14.3 Å². The highest BCUT2D eigenvalue weighted by molar-refractivity contribution is 5.96. The average Bonchev–Trinajstić information content (AvgIpc) is 2.50. The maximum atomic E-state index is 11.6. The lowest BCUT2D eigenvalue weighted by Crippen LogP contribution is -2.08. The molecule has 110 valence electrons. The van der Waals surface area contributed by atoms with E-state index in [1.54, 1.807) is 0 Å². The summed E-state index contributed by atoms with van der Waals surface area (Å²) < 4.78 is 10.4. The van der Waals surface area contributed by atoms with Gasteiger partial charge in [0.05, 0.1) is 18.4 Å². The van der Waals surface area contributed by atoms with Crippen LogP contribution >= 0.6 is 0 Å². The second-order valence-corrected chi connectivity index (χ2v) is 4.42. The lowest BCUT2D eigenvalue weighted by Gasteiger charge is -2.12. The molecule has 21 heavy (non-hydrogen) atoms. The van der Waals surface area contributed by atoms with Crippen molar-refractivity contribution in [3.63, 3.8) is 0 Å². The van der Waals surface area contributed by atoms with E-state index in [0.717, 1.165) is 11.4 Å². The third kappa shape index (κ3) is 3.10. The van der Waals surface area contributed by atoms with Gasteiger partial charge in [0.15, 0.2) is 5.75 Å². The Morgan fingerprint density at radius 3 is 2.76 bits per heavy atom. The van der Waals surface area contributed by atoms with Gasteiger partial charge in [0.25, 0.3) is 0 Å². The minimum Gasteiger partial charge on any atom is -0.465 e. The predicted octanol–water partition coefficient (Wildman–Crippen LogP) is 2.51. The maximum Gasteiger partial charge on any atom is 0.340 e. The molecule has 6 heteroatoms. The molecule has 0 aliphatic heterocycles. The standard InChI is InChI=1S/C15H17N3O3/c1-4-11-12(6-5-9(2)18-11)21-14-13(16)10(7-8-17-14)15(19)20-3/h5-8H,4,16H2,1-3H3. The quantitative estimate of drug-likeness (QED) is 0.869. The number of rotatable bonds is 4. The van der Waals surface area contributed by atoms with Crippen LogP contribution in [0.3, 0.4) is 0 Å². The first kappa shape index (κ1) is 14.8. The molecule has 0 saturated heterocycles. The van der Waals surface area contributed by atoms with Crippen molar-refractivity contribution in [3.05, 3.63) is 41.3 Å². The van der Waals surface area contributed by atoms with Gasteiger partial charge >= 0.3 is 5.97 Å². The Morgan fingerprint density at radius 2 is 2.10 bits per heavy atom. The molecule has 0 amide bonds. The molecular weight excluding hydrogens is 270 g/mol. The number of methoxy groups -OCH3 is 1. The van der Waals surface area contributed by atoms with Crippen LogP contribution in [-0.4, -0.2) is 23.0 Å². The van der Waals surface area contributed by atoms with Gasteiger partial charge in [-0.1, -0.05) is 6.92 Å². The summed E-state index contributed by atoms with van der Waals surface area (Å²) in [4.78, 5) is 20.1. The van der Waals surface area contributed by atoms with Gasteiger partial charge in [-0.15, -0.1) is 0 Å². The molecule has 2 rings (SSSR count). The number of anilines is 1. The molecule has 0 spiro atoms. The predicted molar refractivity (Wildman–Crippen MR) is 78.4 cm³/mol. The third-order valence-corrected chi connectivity index (χ3v) is 2.97. The summed E-state index contributed by atoms with van der Waals surface area (Å²) >= 11 is 0. The molecule has 0 fully saturated rings. The van der Waals surface area contributed by atoms with Crippen molar-refractivity contribution in [1.29, 1.82) is 0 Å². The Labute approximate surface area is 122 Å². The number of carbonyl (C=O) groups is 1. The number of carbonyl (C=O) groups excluding carboxylic acids is 1. The molecule has 0 aliphatic rings. The molecular formula is C15H17N3O3. The van der Waals surface area contributed by atoms with E-state index in [4.69, 9.17) is 10.5 Å². The van der Waals surface area contributed by atoms with Crippen LogP contribution in [-0.2, 0) is 11.2 Å². The number of hydrogen-bond donors (Lipinski definition) is 1. The van der Waals surface area contributed by atoms with Gasteiger partial charge in [0.2, 0.25) is 5.88 Å². The highest BCUT2D eigenvalue weighted by Gasteiger charge is 2.16. The summed E-state index contributed by atoms with van der Waals surface area (Å²) in [7, 11) is 1.29. The van der Waals surface area contributed by atoms with Crippen LogP contribution in [0.4, 0.5) is 5.69 Å². The van der Waals surface area contributed by atoms with E-state index in [9.17, 15) is 4.79 Å². The van der Waals surface area contributed by atoms with E-state index in [-0.39, 0.29) is 17.1 Å². The van der Waals surface area contributed by atoms with Crippen molar-refractivity contribution >= 4 is 11.7 Å². The fourth-order valence-electron chi connectivity index (χ4n) is 1.87. The normalized spacial score (nSPS) is 10.2. The lowest BCUT2D eigenvalue weighted by atomic mass is 10.2. The van der Waals surface area contributed by atoms with Crippen LogP contribution in [0.1, 0.15) is 28.7 Å². The number of aromatic nitrogens is 2. The monoisotopic (exact) mass is 287 g/mol. The number of nitrogens with two attached hydrogens (primary N) is 1. The second kappa shape index (κ2) is 6.21. The number of aryl methyl sites for hydroxylation is 2. The average molecular weight is 287 g/mol. The largest absolute Gasteiger partial charge is 0.465 e. The first-order valence-electron chi connectivity index (χ1n) is 6.54. The van der Waals surface area contributed by atoms with E-state index >= 15 is 0 Å². The molecule has 0 bridgehead atoms. The van der Waals surface area contributed by atoms with Crippen LogP contribution in [0.15, 0.2) is 24.4 Å². The molecule has 2 aromatic heterocycles. The van der Waals surface area contributed by atoms with Gasteiger partial charge < -0.3 is 15.2 Å². The van der Waals surface area contributed by atoms with E-state index < -0.39 is 5.97 Å². The minimum atomic E-state index is -0.530. The van der Waals surface area contributed by atoms with Gasteiger partial charge in [-0.3, -0.25) is 4.98 Å². The van der Waals surface area contributed by atoms with Crippen LogP contribution in [0.2, 0.25) is 0 Å². The van der Waals surface area contributed by atoms with Crippen molar-refractivity contribution in [3.8, 4) is 11.6 Å². The van der Waals surface area contributed by atoms with Crippen LogP contribution in [0, 0.1) is 6.92 Å². The number of ether oxygens (including phenoxy) is 2. The molecule has 0 atom stereocenters. The third-order valence-electron chi connectivity index (χ3n) is 2.97. The summed E-state index contributed by atoms with van der Waals surface area (Å²) in [6.45, 7) is 3.89. The van der Waals surface area contributed by atoms with E-state index in [1.165, 1.54) is 19.4 Å². The molecule has 0 saturated carbocycles. The Kier molecular flexibility index (Phi) is 4.37. The minimum absolute atomic E-state index is 0.145. The Balaban J connectivity index is 2.38. The number of nitrogen functional groups attached to an aromatic ring is 1. The van der Waals surface area contributed by atoms with Crippen molar-refractivity contribution in [2.75, 3.05) is 12.8 Å². The van der Waals surface area contributed by atoms with Gasteiger partial charge in [-0.05, 0) is 31.5 Å². The lowest BCUT2D eigenvalue weighted by molar-refractivity contribution is 0.0601. The number of hydrogen-bond acceptors (Lipinski definition) is 6. The molecule has 0 radical (unpaired) electrons. The fourth-order valence-corrected chi connectivity index (χ4v) is 1.87. The van der Waals surface area contributed by atoms with Crippen molar-refractivity contribution in [1.82, 2.24) is 9.97 Å². The zero-order chi connectivity index (χ0) is 15.4. The van der Waals surface area contributed by atoms with Gasteiger partial charge in [-0.2, -0.15) is 0 Å². The molecule has 6 nitrogen and oxygen atoms in total. The topological polar surface area (TPSA) is 87.3 Å². The fraction of sp³-hybridized carbons (Fsp3) is 0.267. The molecule has 2 aromatic rings. The number of pyridine rings is 2. The smallest absolute Gasteiger partial charge is 0.340 e.